The van der Waals surface area contributed by atoms with Gasteiger partial charge in [-0.2, -0.15) is 0 Å². The monoisotopic (exact) mass is 649 g/mol. The Bertz CT molecular complexity index is 1550. The molecule has 1 aliphatic heterocycles. The number of ketones is 1. The summed E-state index contributed by atoms with van der Waals surface area (Å²) in [5.41, 5.74) is 2.98. The molecule has 1 atom stereocenters. The van der Waals surface area contributed by atoms with Crippen molar-refractivity contribution < 1.29 is 33.7 Å². The van der Waals surface area contributed by atoms with E-state index in [-0.39, 0.29) is 43.6 Å². The third kappa shape index (κ3) is 9.10. The number of amides is 2. The number of hydrogen-bond donors (Lipinski definition) is 2. The molecule has 0 radical (unpaired) electrons. The van der Waals surface area contributed by atoms with Crippen LogP contribution in [0.15, 0.2) is 48.5 Å². The molecule has 0 bridgehead atoms. The number of carbonyl (C=O) groups excluding carboxylic acids is 3. The molecule has 1 aromatic heterocycles. The molecule has 0 fully saturated rings. The van der Waals surface area contributed by atoms with Crippen molar-refractivity contribution in [3.8, 4) is 22.5 Å². The number of aliphatic hydroxyl groups is 1. The topological polar surface area (TPSA) is 145 Å². The number of methoxy groups -OCH3 is 1. The number of aliphatic hydroxyl groups excluding tert-OH is 1. The summed E-state index contributed by atoms with van der Waals surface area (Å²) in [7, 11) is 1.58. The Hall–Kier alpha value is -3.97. The van der Waals surface area contributed by atoms with E-state index in [9.17, 15) is 19.5 Å². The first kappa shape index (κ1) is 35.9. The van der Waals surface area contributed by atoms with Crippen LogP contribution in [0, 0.1) is 5.41 Å². The molecule has 0 spiro atoms. The van der Waals surface area contributed by atoms with Gasteiger partial charge >= 0.3 is 0 Å². The van der Waals surface area contributed by atoms with Crippen LogP contribution in [0.3, 0.4) is 0 Å². The lowest BCUT2D eigenvalue weighted by Gasteiger charge is -2.30. The van der Waals surface area contributed by atoms with Crippen molar-refractivity contribution in [3.63, 3.8) is 0 Å². The number of carbonyl (C=O) groups is 3. The first-order chi connectivity index (χ1) is 22.3. The minimum atomic E-state index is -1.09. The zero-order valence-corrected chi connectivity index (χ0v) is 28.2. The molecular formula is C35H47N5O7. The fourth-order valence-corrected chi connectivity index (χ4v) is 5.11. The van der Waals surface area contributed by atoms with Crippen molar-refractivity contribution in [2.75, 3.05) is 45.0 Å². The highest BCUT2D eigenvalue weighted by molar-refractivity contribution is 6.01. The molecule has 2 N–H and O–H groups in total. The highest BCUT2D eigenvalue weighted by atomic mass is 16.5. The minimum Gasteiger partial charge on any atom is -0.382 e. The smallest absolute Gasteiger partial charge is 0.227 e. The minimum absolute atomic E-state index is 0.00177. The molecule has 0 saturated carbocycles. The fourth-order valence-electron chi connectivity index (χ4n) is 5.11. The van der Waals surface area contributed by atoms with E-state index < -0.39 is 17.2 Å². The number of ether oxygens (including phenoxy) is 3. The number of Topliss-reactive ketones (excluding diaryl/α,β-unsaturated/α-hetero) is 1. The van der Waals surface area contributed by atoms with Crippen LogP contribution < -0.4 is 10.2 Å². The van der Waals surface area contributed by atoms with Gasteiger partial charge in [-0.3, -0.25) is 14.4 Å². The van der Waals surface area contributed by atoms with E-state index in [1.54, 1.807) is 18.9 Å². The highest BCUT2D eigenvalue weighted by Gasteiger charge is 2.31. The average Bonchev–Trinajstić information content (AvgIpc) is 3.47. The Kier molecular flexibility index (Phi) is 12.0. The van der Waals surface area contributed by atoms with Gasteiger partial charge in [0.05, 0.1) is 44.3 Å². The van der Waals surface area contributed by atoms with Gasteiger partial charge in [0.1, 0.15) is 17.2 Å². The van der Waals surface area contributed by atoms with E-state index in [1.807, 2.05) is 76.2 Å². The normalized spacial score (nSPS) is 13.6. The summed E-state index contributed by atoms with van der Waals surface area (Å²) in [6.45, 7) is 10.8. The van der Waals surface area contributed by atoms with Crippen LogP contribution in [-0.2, 0) is 35.1 Å². The molecular weight excluding hydrogens is 602 g/mol. The van der Waals surface area contributed by atoms with E-state index in [4.69, 9.17) is 14.2 Å². The van der Waals surface area contributed by atoms with Crippen molar-refractivity contribution >= 4 is 23.3 Å². The number of para-hydroxylation sites is 1. The lowest BCUT2D eigenvalue weighted by Crippen LogP contribution is -2.37. The number of fused-ring (bicyclic) bond motifs is 5. The molecule has 47 heavy (non-hydrogen) atoms. The molecule has 0 saturated heterocycles. The summed E-state index contributed by atoms with van der Waals surface area (Å²) in [6.07, 6.45) is -0.516. The molecule has 3 aromatic rings. The fraction of sp³-hybridized carbons (Fsp3) is 0.514. The van der Waals surface area contributed by atoms with Gasteiger partial charge in [-0.15, -0.1) is 5.10 Å². The van der Waals surface area contributed by atoms with Crippen molar-refractivity contribution in [2.24, 2.45) is 5.41 Å². The maximum Gasteiger partial charge on any atom is 0.227 e. The Morgan fingerprint density at radius 2 is 1.70 bits per heavy atom. The lowest BCUT2D eigenvalue weighted by atomic mass is 9.90. The van der Waals surface area contributed by atoms with Crippen LogP contribution in [0.1, 0.15) is 65.7 Å². The highest BCUT2D eigenvalue weighted by Crippen LogP contribution is 2.41. The summed E-state index contributed by atoms with van der Waals surface area (Å²) < 4.78 is 18.0. The largest absolute Gasteiger partial charge is 0.382 e. The number of nitrogens with one attached hydrogen (secondary N) is 1. The molecule has 2 amide bonds. The molecule has 4 rings (SSSR count). The van der Waals surface area contributed by atoms with Crippen molar-refractivity contribution in [3.05, 3.63) is 54.1 Å². The Morgan fingerprint density at radius 3 is 2.43 bits per heavy atom. The van der Waals surface area contributed by atoms with Gasteiger partial charge < -0.3 is 29.5 Å². The van der Waals surface area contributed by atoms with Gasteiger partial charge in [0, 0.05) is 43.0 Å². The standard InChI is InChI=1S/C35H47N5O7/c1-24(41)34(2,3)23-47-35(4,5)17-18-36-29(42)15-16-30(43)39-21-25-11-7-8-12-26(25)33-32(27-13-9-10-14-28(27)39)37-38-40(33)31(44)22-46-20-19-45-6/h7-14,31,44H,15-23H2,1-6H3,(H,36,42). The number of benzene rings is 2. The van der Waals surface area contributed by atoms with Crippen LogP contribution in [0.2, 0.25) is 0 Å². The van der Waals surface area contributed by atoms with Crippen LogP contribution in [0.25, 0.3) is 22.5 Å². The quantitative estimate of drug-likeness (QED) is 0.217. The second kappa shape index (κ2) is 15.7. The zero-order valence-electron chi connectivity index (χ0n) is 28.2. The third-order valence-electron chi connectivity index (χ3n) is 8.42. The second-order valence-corrected chi connectivity index (χ2v) is 13.0. The van der Waals surface area contributed by atoms with Gasteiger partial charge in [0.25, 0.3) is 0 Å². The molecule has 12 heteroatoms. The van der Waals surface area contributed by atoms with E-state index >= 15 is 0 Å². The van der Waals surface area contributed by atoms with Gasteiger partial charge in [-0.25, -0.2) is 4.68 Å². The zero-order chi connectivity index (χ0) is 34.2. The summed E-state index contributed by atoms with van der Waals surface area (Å²) >= 11 is 0. The van der Waals surface area contributed by atoms with E-state index in [0.29, 0.717) is 55.4 Å². The maximum atomic E-state index is 13.8. The lowest BCUT2D eigenvalue weighted by molar-refractivity contribution is -0.132. The molecule has 2 aromatic carbocycles. The van der Waals surface area contributed by atoms with Crippen LogP contribution >= 0.6 is 0 Å². The number of nitrogens with zero attached hydrogens (tertiary/aromatic N) is 4. The van der Waals surface area contributed by atoms with Crippen molar-refractivity contribution in [2.45, 2.75) is 72.3 Å². The molecule has 1 unspecified atom stereocenters. The molecule has 254 valence electrons. The molecule has 12 nitrogen and oxygen atoms in total. The number of hydrogen-bond acceptors (Lipinski definition) is 9. The number of aromatic nitrogens is 3. The predicted molar refractivity (Wildman–Crippen MR) is 177 cm³/mol. The summed E-state index contributed by atoms with van der Waals surface area (Å²) in [5.74, 6) is -0.381. The Morgan fingerprint density at radius 1 is 1.00 bits per heavy atom. The summed E-state index contributed by atoms with van der Waals surface area (Å²) in [5, 5.41) is 22.7. The van der Waals surface area contributed by atoms with E-state index in [2.05, 4.69) is 15.6 Å². The van der Waals surface area contributed by atoms with E-state index in [0.717, 1.165) is 11.1 Å². The summed E-state index contributed by atoms with van der Waals surface area (Å²) in [6, 6.07) is 15.1. The van der Waals surface area contributed by atoms with Crippen molar-refractivity contribution in [1.29, 1.82) is 0 Å². The van der Waals surface area contributed by atoms with E-state index in [1.165, 1.54) is 4.68 Å². The van der Waals surface area contributed by atoms with Gasteiger partial charge in [0.15, 0.2) is 6.23 Å². The van der Waals surface area contributed by atoms with Crippen LogP contribution in [0.4, 0.5) is 5.69 Å². The molecule has 1 aliphatic rings. The van der Waals surface area contributed by atoms with Crippen LogP contribution in [-0.4, -0.2) is 83.4 Å². The van der Waals surface area contributed by atoms with Gasteiger partial charge in [-0.05, 0) is 38.8 Å². The SMILES string of the molecule is COCCOCC(O)n1nnc2c1-c1ccccc1CN(C(=O)CCC(=O)NCCC(C)(C)OCC(C)(C)C(C)=O)c1ccccc1-2. The van der Waals surface area contributed by atoms with Crippen LogP contribution in [0.5, 0.6) is 0 Å². The second-order valence-electron chi connectivity index (χ2n) is 13.0. The maximum absolute atomic E-state index is 13.8. The van der Waals surface area contributed by atoms with Gasteiger partial charge in [-0.1, -0.05) is 61.5 Å². The average molecular weight is 650 g/mol. The molecule has 0 aliphatic carbocycles. The number of rotatable bonds is 16. The Balaban J connectivity index is 1.47. The first-order valence-electron chi connectivity index (χ1n) is 15.9. The first-order valence-corrected chi connectivity index (χ1v) is 15.9. The predicted octanol–water partition coefficient (Wildman–Crippen LogP) is 4.31. The number of anilines is 1. The van der Waals surface area contributed by atoms with Gasteiger partial charge in [0.2, 0.25) is 11.8 Å². The Labute approximate surface area is 276 Å². The summed E-state index contributed by atoms with van der Waals surface area (Å²) in [4.78, 5) is 40.1. The molecule has 2 heterocycles. The third-order valence-corrected chi connectivity index (χ3v) is 8.42. The van der Waals surface area contributed by atoms with Crippen molar-refractivity contribution in [1.82, 2.24) is 20.3 Å².